The van der Waals surface area contributed by atoms with Crippen molar-refractivity contribution in [2.45, 2.75) is 25.8 Å². The lowest BCUT2D eigenvalue weighted by Crippen LogP contribution is -2.43. The largest absolute Gasteiger partial charge is 0.476 e. The molecule has 1 aromatic rings. The molecular formula is C12H18N4O2. The van der Waals surface area contributed by atoms with Gasteiger partial charge in [-0.15, -0.1) is 0 Å². The Morgan fingerprint density at radius 2 is 2.17 bits per heavy atom. The zero-order valence-corrected chi connectivity index (χ0v) is 10.5. The van der Waals surface area contributed by atoms with Crippen molar-refractivity contribution in [1.82, 2.24) is 15.3 Å². The number of carbonyl (C=O) groups is 1. The lowest BCUT2D eigenvalue weighted by molar-refractivity contribution is 0.0690. The molecule has 1 aromatic heterocycles. The van der Waals surface area contributed by atoms with E-state index in [9.17, 15) is 4.79 Å². The van der Waals surface area contributed by atoms with Crippen molar-refractivity contribution in [3.05, 3.63) is 18.1 Å². The highest BCUT2D eigenvalue weighted by Gasteiger charge is 2.21. The van der Waals surface area contributed by atoms with Gasteiger partial charge >= 0.3 is 5.97 Å². The number of rotatable bonds is 4. The van der Waals surface area contributed by atoms with Gasteiger partial charge < -0.3 is 15.3 Å². The molecule has 98 valence electrons. The third kappa shape index (κ3) is 2.76. The molecule has 6 heteroatoms. The summed E-state index contributed by atoms with van der Waals surface area (Å²) in [7, 11) is 0. The minimum absolute atomic E-state index is 0.0138. The van der Waals surface area contributed by atoms with Crippen molar-refractivity contribution in [1.29, 1.82) is 0 Å². The van der Waals surface area contributed by atoms with Crippen LogP contribution in [0.1, 0.15) is 30.3 Å². The average molecular weight is 250 g/mol. The molecule has 18 heavy (non-hydrogen) atoms. The van der Waals surface area contributed by atoms with Crippen LogP contribution in [0.3, 0.4) is 0 Å². The van der Waals surface area contributed by atoms with E-state index in [2.05, 4.69) is 27.1 Å². The molecule has 0 saturated carbocycles. The van der Waals surface area contributed by atoms with Gasteiger partial charge in [0, 0.05) is 12.6 Å². The molecule has 1 aliphatic heterocycles. The van der Waals surface area contributed by atoms with Crippen LogP contribution in [-0.2, 0) is 0 Å². The Morgan fingerprint density at radius 3 is 2.67 bits per heavy atom. The van der Waals surface area contributed by atoms with Crippen molar-refractivity contribution in [3.63, 3.8) is 0 Å². The Bertz CT molecular complexity index is 401. The molecule has 0 aliphatic carbocycles. The van der Waals surface area contributed by atoms with Gasteiger partial charge in [-0.25, -0.2) is 14.8 Å². The Balaban J connectivity index is 2.13. The van der Waals surface area contributed by atoms with Gasteiger partial charge in [0.2, 0.25) is 0 Å². The summed E-state index contributed by atoms with van der Waals surface area (Å²) in [6.45, 7) is 4.96. The van der Waals surface area contributed by atoms with Crippen LogP contribution in [0.25, 0.3) is 0 Å². The molecule has 1 saturated heterocycles. The zero-order valence-electron chi connectivity index (χ0n) is 10.5. The third-order valence-corrected chi connectivity index (χ3v) is 3.24. The maximum Gasteiger partial charge on any atom is 0.356 e. The van der Waals surface area contributed by atoms with Crippen molar-refractivity contribution in [2.75, 3.05) is 24.5 Å². The van der Waals surface area contributed by atoms with E-state index < -0.39 is 5.97 Å². The smallest absolute Gasteiger partial charge is 0.356 e. The Kier molecular flexibility index (Phi) is 4.09. The van der Waals surface area contributed by atoms with Crippen LogP contribution in [0, 0.1) is 0 Å². The topological polar surface area (TPSA) is 78.4 Å². The number of aromatic nitrogens is 2. The van der Waals surface area contributed by atoms with Gasteiger partial charge in [-0.05, 0) is 32.9 Å². The van der Waals surface area contributed by atoms with Crippen LogP contribution in [0.2, 0.25) is 0 Å². The summed E-state index contributed by atoms with van der Waals surface area (Å²) in [5.74, 6) is -0.284. The van der Waals surface area contributed by atoms with Crippen LogP contribution >= 0.6 is 0 Å². The van der Waals surface area contributed by atoms with Crippen LogP contribution in [0.15, 0.2) is 12.4 Å². The average Bonchev–Trinajstić information content (AvgIpc) is 2.41. The minimum Gasteiger partial charge on any atom is -0.476 e. The van der Waals surface area contributed by atoms with E-state index in [0.717, 1.165) is 38.3 Å². The molecule has 0 unspecified atom stereocenters. The number of hydrogen-bond donors (Lipinski definition) is 2. The highest BCUT2D eigenvalue weighted by Crippen LogP contribution is 2.18. The highest BCUT2D eigenvalue weighted by atomic mass is 16.4. The Hall–Kier alpha value is -1.69. The van der Waals surface area contributed by atoms with Gasteiger partial charge in [0.25, 0.3) is 0 Å². The summed E-state index contributed by atoms with van der Waals surface area (Å²) in [4.78, 5) is 21.1. The van der Waals surface area contributed by atoms with E-state index in [1.165, 1.54) is 6.20 Å². The maximum absolute atomic E-state index is 10.7. The van der Waals surface area contributed by atoms with Gasteiger partial charge in [0.1, 0.15) is 5.82 Å². The molecule has 0 atom stereocenters. The Labute approximate surface area is 106 Å². The van der Waals surface area contributed by atoms with Crippen molar-refractivity contribution in [2.24, 2.45) is 0 Å². The first-order valence-corrected chi connectivity index (χ1v) is 6.25. The van der Waals surface area contributed by atoms with Crippen molar-refractivity contribution < 1.29 is 9.90 Å². The van der Waals surface area contributed by atoms with E-state index in [-0.39, 0.29) is 5.69 Å². The van der Waals surface area contributed by atoms with Gasteiger partial charge in [-0.3, -0.25) is 0 Å². The SMILES string of the molecule is CCN(c1cnc(C(=O)O)cn1)C1CCNCC1. The molecule has 0 aromatic carbocycles. The minimum atomic E-state index is -1.04. The zero-order chi connectivity index (χ0) is 13.0. The van der Waals surface area contributed by atoms with E-state index in [1.54, 1.807) is 6.20 Å². The molecule has 1 aliphatic rings. The fourth-order valence-corrected chi connectivity index (χ4v) is 2.31. The second kappa shape index (κ2) is 5.77. The van der Waals surface area contributed by atoms with Crippen LogP contribution in [0.4, 0.5) is 5.82 Å². The number of nitrogens with one attached hydrogen (secondary N) is 1. The van der Waals surface area contributed by atoms with Crippen molar-refractivity contribution in [3.8, 4) is 0 Å². The number of anilines is 1. The van der Waals surface area contributed by atoms with Crippen LogP contribution in [0.5, 0.6) is 0 Å². The second-order valence-electron chi connectivity index (χ2n) is 4.33. The fourth-order valence-electron chi connectivity index (χ4n) is 2.31. The maximum atomic E-state index is 10.7. The lowest BCUT2D eigenvalue weighted by atomic mass is 10.1. The second-order valence-corrected chi connectivity index (χ2v) is 4.33. The number of piperidine rings is 1. The standard InChI is InChI=1S/C12H18N4O2/c1-2-16(9-3-5-13-6-4-9)11-8-14-10(7-15-11)12(17)18/h7-9,13H,2-6H2,1H3,(H,17,18). The van der Waals surface area contributed by atoms with E-state index in [0.29, 0.717) is 6.04 Å². The Morgan fingerprint density at radius 1 is 1.44 bits per heavy atom. The summed E-state index contributed by atoms with van der Waals surface area (Å²) < 4.78 is 0. The summed E-state index contributed by atoms with van der Waals surface area (Å²) in [6.07, 6.45) is 5.03. The highest BCUT2D eigenvalue weighted by molar-refractivity contribution is 5.84. The molecule has 0 spiro atoms. The fraction of sp³-hybridized carbons (Fsp3) is 0.583. The number of aromatic carboxylic acids is 1. The van der Waals surface area contributed by atoms with Gasteiger partial charge in [0.05, 0.1) is 12.4 Å². The summed E-state index contributed by atoms with van der Waals surface area (Å²) in [6, 6.07) is 0.459. The number of nitrogens with zero attached hydrogens (tertiary/aromatic N) is 3. The van der Waals surface area contributed by atoms with E-state index in [1.807, 2.05) is 0 Å². The monoisotopic (exact) mass is 250 g/mol. The van der Waals surface area contributed by atoms with Gasteiger partial charge in [0.15, 0.2) is 5.69 Å². The molecule has 2 N–H and O–H groups in total. The molecule has 2 heterocycles. The van der Waals surface area contributed by atoms with Crippen LogP contribution in [-0.4, -0.2) is 46.7 Å². The first kappa shape index (κ1) is 12.8. The molecule has 0 radical (unpaired) electrons. The normalized spacial score (nSPS) is 16.5. The van der Waals surface area contributed by atoms with Gasteiger partial charge in [-0.1, -0.05) is 0 Å². The quantitative estimate of drug-likeness (QED) is 0.821. The number of hydrogen-bond acceptors (Lipinski definition) is 5. The van der Waals surface area contributed by atoms with E-state index in [4.69, 9.17) is 5.11 Å². The summed E-state index contributed by atoms with van der Waals surface area (Å²) in [5.41, 5.74) is -0.0138. The summed E-state index contributed by atoms with van der Waals surface area (Å²) >= 11 is 0. The third-order valence-electron chi connectivity index (χ3n) is 3.24. The van der Waals surface area contributed by atoms with Crippen LogP contribution < -0.4 is 10.2 Å². The molecule has 0 amide bonds. The number of carboxylic acid groups (broad SMARTS) is 1. The van der Waals surface area contributed by atoms with Crippen molar-refractivity contribution >= 4 is 11.8 Å². The van der Waals surface area contributed by atoms with E-state index >= 15 is 0 Å². The predicted octanol–water partition coefficient (Wildman–Crippen LogP) is 0.753. The number of carboxylic acids is 1. The summed E-state index contributed by atoms with van der Waals surface area (Å²) in [5, 5.41) is 12.1. The first-order chi connectivity index (χ1) is 8.72. The molecular weight excluding hydrogens is 232 g/mol. The molecule has 6 nitrogen and oxygen atoms in total. The lowest BCUT2D eigenvalue weighted by Gasteiger charge is -2.34. The predicted molar refractivity (Wildman–Crippen MR) is 67.9 cm³/mol. The molecule has 1 fully saturated rings. The van der Waals surface area contributed by atoms with Gasteiger partial charge in [-0.2, -0.15) is 0 Å². The molecule has 0 bridgehead atoms. The molecule has 2 rings (SSSR count). The first-order valence-electron chi connectivity index (χ1n) is 6.25.